The third-order valence-corrected chi connectivity index (χ3v) is 9.03. The van der Waals surface area contributed by atoms with Crippen molar-refractivity contribution in [3.8, 4) is 0 Å². The number of carbonyl (C=O) groups is 1. The van der Waals surface area contributed by atoms with Crippen LogP contribution in [0.4, 0.5) is 4.79 Å². The molecule has 0 bridgehead atoms. The lowest BCUT2D eigenvalue weighted by Crippen LogP contribution is -2.49. The van der Waals surface area contributed by atoms with E-state index in [4.69, 9.17) is 23.2 Å². The summed E-state index contributed by atoms with van der Waals surface area (Å²) in [5.41, 5.74) is 6.39. The summed E-state index contributed by atoms with van der Waals surface area (Å²) in [5, 5.41) is 4.36. The van der Waals surface area contributed by atoms with Crippen molar-refractivity contribution in [2.75, 3.05) is 20.1 Å². The van der Waals surface area contributed by atoms with Gasteiger partial charge in [0.15, 0.2) is 0 Å². The summed E-state index contributed by atoms with van der Waals surface area (Å²) in [6.07, 6.45) is 6.74. The van der Waals surface area contributed by atoms with Gasteiger partial charge >= 0.3 is 6.03 Å². The van der Waals surface area contributed by atoms with Crippen LogP contribution in [0.25, 0.3) is 0 Å². The Morgan fingerprint density at radius 1 is 1.03 bits per heavy atom. The van der Waals surface area contributed by atoms with Crippen LogP contribution >= 0.6 is 23.2 Å². The van der Waals surface area contributed by atoms with E-state index < -0.39 is 0 Å². The summed E-state index contributed by atoms with van der Waals surface area (Å²) in [4.78, 5) is 17.6. The zero-order valence-electron chi connectivity index (χ0n) is 20.4. The van der Waals surface area contributed by atoms with Crippen LogP contribution in [0, 0.1) is 6.92 Å². The average Bonchev–Trinajstić information content (AvgIpc) is 3.59. The van der Waals surface area contributed by atoms with Gasteiger partial charge in [-0.2, -0.15) is 0 Å². The maximum atomic E-state index is 13.1. The van der Waals surface area contributed by atoms with Crippen LogP contribution in [0.15, 0.2) is 30.3 Å². The van der Waals surface area contributed by atoms with E-state index in [0.717, 1.165) is 37.1 Å². The third kappa shape index (κ3) is 4.69. The minimum absolute atomic E-state index is 0.0499. The Morgan fingerprint density at radius 2 is 1.74 bits per heavy atom. The zero-order valence-corrected chi connectivity index (χ0v) is 21.9. The Bertz CT molecular complexity index is 1080. The Hall–Kier alpha value is -1.75. The van der Waals surface area contributed by atoms with E-state index in [0.29, 0.717) is 22.0 Å². The zero-order chi connectivity index (χ0) is 24.0. The van der Waals surface area contributed by atoms with Crippen LogP contribution < -0.4 is 5.32 Å². The molecular formula is C28H35Cl2N3O. The van der Waals surface area contributed by atoms with Gasteiger partial charge in [-0.15, -0.1) is 0 Å². The summed E-state index contributed by atoms with van der Waals surface area (Å²) in [6, 6.07) is 11.5. The largest absolute Gasteiger partial charge is 0.331 e. The van der Waals surface area contributed by atoms with Crippen LogP contribution in [0.3, 0.4) is 0 Å². The summed E-state index contributed by atoms with van der Waals surface area (Å²) in [5.74, 6) is 0.544. The predicted octanol–water partition coefficient (Wildman–Crippen LogP) is 7.03. The fourth-order valence-corrected chi connectivity index (χ4v) is 6.50. The van der Waals surface area contributed by atoms with Crippen LogP contribution in [-0.2, 0) is 6.42 Å². The molecule has 2 aliphatic carbocycles. The first kappa shape index (κ1) is 24.0. The second kappa shape index (κ2) is 9.72. The maximum Gasteiger partial charge on any atom is 0.317 e. The number of hydrogen-bond donors (Lipinski definition) is 1. The van der Waals surface area contributed by atoms with Gasteiger partial charge in [-0.1, -0.05) is 59.1 Å². The second-order valence-corrected chi connectivity index (χ2v) is 11.2. The van der Waals surface area contributed by atoms with Gasteiger partial charge in [0.2, 0.25) is 0 Å². The molecule has 2 aromatic rings. The quantitative estimate of drug-likeness (QED) is 0.478. The molecule has 34 heavy (non-hydrogen) atoms. The number of carbonyl (C=O) groups excluding carboxylic acids is 1. The van der Waals surface area contributed by atoms with E-state index in [-0.39, 0.29) is 18.1 Å². The van der Waals surface area contributed by atoms with Crippen LogP contribution in [-0.4, -0.2) is 42.0 Å². The Labute approximate surface area is 213 Å². The van der Waals surface area contributed by atoms with Gasteiger partial charge in [0.05, 0.1) is 16.1 Å². The van der Waals surface area contributed by atoms with Crippen molar-refractivity contribution in [3.63, 3.8) is 0 Å². The summed E-state index contributed by atoms with van der Waals surface area (Å²) in [7, 11) is 1.92. The molecule has 2 fully saturated rings. The Morgan fingerprint density at radius 3 is 2.44 bits per heavy atom. The predicted molar refractivity (Wildman–Crippen MR) is 140 cm³/mol. The highest BCUT2D eigenvalue weighted by atomic mass is 35.5. The molecule has 0 aromatic heterocycles. The lowest BCUT2D eigenvalue weighted by Gasteiger charge is -2.40. The number of fused-ring (bicyclic) bond motifs is 1. The smallest absolute Gasteiger partial charge is 0.317 e. The van der Waals surface area contributed by atoms with Crippen molar-refractivity contribution < 1.29 is 4.79 Å². The number of hydrogen-bond acceptors (Lipinski definition) is 2. The minimum atomic E-state index is -0.202. The molecule has 1 saturated heterocycles. The van der Waals surface area contributed by atoms with E-state index in [1.54, 1.807) is 0 Å². The molecule has 5 rings (SSSR count). The second-order valence-electron chi connectivity index (χ2n) is 10.5. The average molecular weight is 501 g/mol. The molecule has 2 amide bonds. The third-order valence-electron chi connectivity index (χ3n) is 8.12. The van der Waals surface area contributed by atoms with E-state index >= 15 is 0 Å². The molecule has 3 aliphatic rings. The van der Waals surface area contributed by atoms with Crippen molar-refractivity contribution in [3.05, 3.63) is 68.2 Å². The molecule has 0 spiro atoms. The molecule has 1 unspecified atom stereocenters. The number of benzene rings is 2. The van der Waals surface area contributed by atoms with Gasteiger partial charge in [-0.05, 0) is 80.5 Å². The van der Waals surface area contributed by atoms with Crippen molar-refractivity contribution in [2.45, 2.75) is 76.4 Å². The number of likely N-dealkylation sites (tertiary alicyclic amines) is 1. The highest BCUT2D eigenvalue weighted by molar-refractivity contribution is 6.43. The Balaban J connectivity index is 1.17. The number of nitrogens with one attached hydrogen (secondary N) is 1. The van der Waals surface area contributed by atoms with Gasteiger partial charge in [0.25, 0.3) is 0 Å². The molecule has 4 nitrogen and oxygen atoms in total. The monoisotopic (exact) mass is 499 g/mol. The van der Waals surface area contributed by atoms with Gasteiger partial charge in [-0.25, -0.2) is 4.79 Å². The summed E-state index contributed by atoms with van der Waals surface area (Å²) in [6.45, 7) is 6.20. The number of amides is 2. The normalized spacial score (nSPS) is 21.9. The molecule has 1 aliphatic heterocycles. The number of halogens is 2. The lowest BCUT2D eigenvalue weighted by atomic mass is 9.99. The van der Waals surface area contributed by atoms with E-state index in [1.165, 1.54) is 42.4 Å². The molecular weight excluding hydrogens is 465 g/mol. The minimum Gasteiger partial charge on any atom is -0.331 e. The number of aryl methyl sites for hydroxylation is 2. The van der Waals surface area contributed by atoms with Crippen molar-refractivity contribution in [2.24, 2.45) is 0 Å². The highest BCUT2D eigenvalue weighted by Crippen LogP contribution is 2.46. The molecule has 0 radical (unpaired) electrons. The standard InChI is InChI=1S/C28H35Cl2N3O/c1-17-4-8-23-20(16-17)7-11-25(23)33-14-12-21(13-15-33)32(3)28(34)31-18(2)22-9-10-24(19-5-6-19)27(30)26(22)29/h4,8-10,16,18-19,21,25H,5-7,11-15H2,1-3H3,(H,31,34)/t18-,25?/m0/s1. The molecule has 1 heterocycles. The lowest BCUT2D eigenvalue weighted by molar-refractivity contribution is 0.105. The van der Waals surface area contributed by atoms with Gasteiger partial charge in [-0.3, -0.25) is 4.90 Å². The topological polar surface area (TPSA) is 35.6 Å². The van der Waals surface area contributed by atoms with E-state index in [9.17, 15) is 4.79 Å². The number of piperidine rings is 1. The number of rotatable bonds is 5. The Kier molecular flexibility index (Phi) is 6.85. The molecule has 182 valence electrons. The van der Waals surface area contributed by atoms with Gasteiger partial charge in [0.1, 0.15) is 0 Å². The molecule has 1 N–H and O–H groups in total. The first-order valence-corrected chi connectivity index (χ1v) is 13.4. The molecule has 6 heteroatoms. The van der Waals surface area contributed by atoms with E-state index in [1.807, 2.05) is 24.9 Å². The molecule has 1 saturated carbocycles. The van der Waals surface area contributed by atoms with Crippen molar-refractivity contribution in [1.82, 2.24) is 15.1 Å². The SMILES string of the molecule is Cc1ccc2c(c1)CCC2N1CCC(N(C)C(=O)N[C@@H](C)c2ccc(C3CC3)c(Cl)c2Cl)CC1. The first-order valence-electron chi connectivity index (χ1n) is 12.7. The summed E-state index contributed by atoms with van der Waals surface area (Å²) >= 11 is 13.1. The van der Waals surface area contributed by atoms with Crippen molar-refractivity contribution >= 4 is 29.2 Å². The first-order chi connectivity index (χ1) is 16.3. The fourth-order valence-electron chi connectivity index (χ4n) is 5.84. The highest BCUT2D eigenvalue weighted by Gasteiger charge is 2.33. The number of urea groups is 1. The fraction of sp³-hybridized carbons (Fsp3) is 0.536. The van der Waals surface area contributed by atoms with Crippen LogP contribution in [0.1, 0.15) is 84.8 Å². The van der Waals surface area contributed by atoms with Crippen LogP contribution in [0.5, 0.6) is 0 Å². The van der Waals surface area contributed by atoms with Gasteiger partial charge in [0, 0.05) is 32.2 Å². The summed E-state index contributed by atoms with van der Waals surface area (Å²) < 4.78 is 0. The van der Waals surface area contributed by atoms with Crippen molar-refractivity contribution in [1.29, 1.82) is 0 Å². The molecule has 2 aromatic carbocycles. The van der Waals surface area contributed by atoms with E-state index in [2.05, 4.69) is 41.4 Å². The van der Waals surface area contributed by atoms with Crippen LogP contribution in [0.2, 0.25) is 10.0 Å². The number of nitrogens with zero attached hydrogens (tertiary/aromatic N) is 2. The van der Waals surface area contributed by atoms with Gasteiger partial charge < -0.3 is 10.2 Å². The molecule has 2 atom stereocenters. The maximum absolute atomic E-state index is 13.1.